The van der Waals surface area contributed by atoms with Crippen molar-refractivity contribution in [1.29, 1.82) is 0 Å². The van der Waals surface area contributed by atoms with Gasteiger partial charge >= 0.3 is 0 Å². The van der Waals surface area contributed by atoms with Crippen molar-refractivity contribution in [2.75, 3.05) is 11.5 Å². The van der Waals surface area contributed by atoms with Gasteiger partial charge in [0, 0.05) is 11.3 Å². The first-order chi connectivity index (χ1) is 4.77. The molecule has 0 aromatic rings. The van der Waals surface area contributed by atoms with E-state index in [0.717, 1.165) is 0 Å². The maximum absolute atomic E-state index is 6.12. The first kappa shape index (κ1) is 8.41. The molecule has 0 atom stereocenters. The Labute approximate surface area is 67.8 Å². The van der Waals surface area contributed by atoms with Gasteiger partial charge in [-0.1, -0.05) is 19.8 Å². The molecule has 1 aliphatic carbocycles. The van der Waals surface area contributed by atoms with Crippen molar-refractivity contribution in [1.82, 2.24) is 0 Å². The number of nitrogens with two attached hydrogens (primary N) is 1. The molecular formula is C8H17NS. The van der Waals surface area contributed by atoms with Gasteiger partial charge in [0.2, 0.25) is 0 Å². The van der Waals surface area contributed by atoms with E-state index in [1.165, 1.54) is 37.2 Å². The van der Waals surface area contributed by atoms with Crippen LogP contribution in [0.15, 0.2) is 0 Å². The largest absolute Gasteiger partial charge is 0.324 e. The molecule has 1 fully saturated rings. The Morgan fingerprint density at radius 3 is 2.50 bits per heavy atom. The van der Waals surface area contributed by atoms with Gasteiger partial charge in [-0.15, -0.1) is 0 Å². The quantitative estimate of drug-likeness (QED) is 0.681. The van der Waals surface area contributed by atoms with Gasteiger partial charge < -0.3 is 5.73 Å². The van der Waals surface area contributed by atoms with Crippen molar-refractivity contribution in [2.24, 2.45) is 5.73 Å². The zero-order chi connectivity index (χ0) is 7.45. The van der Waals surface area contributed by atoms with E-state index in [4.69, 9.17) is 5.73 Å². The molecule has 1 nitrogen and oxygen atoms in total. The Morgan fingerprint density at radius 1 is 1.40 bits per heavy atom. The summed E-state index contributed by atoms with van der Waals surface area (Å²) in [6.45, 7) is 2.20. The van der Waals surface area contributed by atoms with Gasteiger partial charge in [-0.05, 0) is 18.6 Å². The van der Waals surface area contributed by atoms with Crippen LogP contribution < -0.4 is 5.73 Å². The van der Waals surface area contributed by atoms with E-state index >= 15 is 0 Å². The molecule has 0 saturated heterocycles. The Balaban J connectivity index is 2.22. The second-order valence-electron chi connectivity index (χ2n) is 3.21. The summed E-state index contributed by atoms with van der Waals surface area (Å²) in [5, 5.41) is 0. The fourth-order valence-electron chi connectivity index (χ4n) is 1.53. The average molecular weight is 159 g/mol. The Morgan fingerprint density at radius 2 is 2.00 bits per heavy atom. The molecule has 2 heteroatoms. The summed E-state index contributed by atoms with van der Waals surface area (Å²) < 4.78 is 0. The molecule has 0 aromatic carbocycles. The fourth-order valence-corrected chi connectivity index (χ4v) is 2.43. The van der Waals surface area contributed by atoms with Gasteiger partial charge in [-0.2, -0.15) is 11.8 Å². The average Bonchev–Trinajstić information content (AvgIpc) is 2.33. The van der Waals surface area contributed by atoms with Crippen LogP contribution in [0.5, 0.6) is 0 Å². The maximum atomic E-state index is 6.12. The van der Waals surface area contributed by atoms with Gasteiger partial charge in [0.05, 0.1) is 0 Å². The van der Waals surface area contributed by atoms with Crippen molar-refractivity contribution in [3.05, 3.63) is 0 Å². The Hall–Kier alpha value is 0.310. The Kier molecular flexibility index (Phi) is 3.05. The smallest absolute Gasteiger partial charge is 0.0246 e. The van der Waals surface area contributed by atoms with Crippen molar-refractivity contribution >= 4 is 11.8 Å². The van der Waals surface area contributed by atoms with Crippen LogP contribution >= 0.6 is 11.8 Å². The predicted octanol–water partition coefficient (Wildman–Crippen LogP) is 2.01. The van der Waals surface area contributed by atoms with Gasteiger partial charge in [0.1, 0.15) is 0 Å². The molecule has 0 aromatic heterocycles. The van der Waals surface area contributed by atoms with Crippen molar-refractivity contribution in [2.45, 2.75) is 38.1 Å². The lowest BCUT2D eigenvalue weighted by atomic mass is 10.0. The van der Waals surface area contributed by atoms with E-state index < -0.39 is 0 Å². The van der Waals surface area contributed by atoms with E-state index in [-0.39, 0.29) is 5.54 Å². The molecule has 0 bridgehead atoms. The van der Waals surface area contributed by atoms with Gasteiger partial charge in [0.15, 0.2) is 0 Å². The second-order valence-corrected chi connectivity index (χ2v) is 4.48. The molecule has 0 aliphatic heterocycles. The molecule has 60 valence electrons. The molecule has 1 rings (SSSR count). The number of rotatable bonds is 3. The Bertz CT molecular complexity index is 97.4. The first-order valence-corrected chi connectivity index (χ1v) is 5.29. The summed E-state index contributed by atoms with van der Waals surface area (Å²) in [6.07, 6.45) is 5.20. The lowest BCUT2D eigenvalue weighted by Gasteiger charge is -2.22. The van der Waals surface area contributed by atoms with Crippen molar-refractivity contribution < 1.29 is 0 Å². The molecule has 1 aliphatic rings. The molecule has 0 radical (unpaired) electrons. The molecule has 1 saturated carbocycles. The van der Waals surface area contributed by atoms with E-state index in [1.54, 1.807) is 0 Å². The van der Waals surface area contributed by atoms with Crippen molar-refractivity contribution in [3.63, 3.8) is 0 Å². The lowest BCUT2D eigenvalue weighted by molar-refractivity contribution is 0.497. The number of thioether (sulfide) groups is 1. The van der Waals surface area contributed by atoms with Crippen LogP contribution in [-0.2, 0) is 0 Å². The molecule has 0 amide bonds. The van der Waals surface area contributed by atoms with Gasteiger partial charge in [0.25, 0.3) is 0 Å². The molecule has 0 unspecified atom stereocenters. The molecule has 2 N–H and O–H groups in total. The van der Waals surface area contributed by atoms with Crippen LogP contribution in [0.2, 0.25) is 0 Å². The minimum absolute atomic E-state index is 0.209. The zero-order valence-electron chi connectivity index (χ0n) is 6.73. The fraction of sp³-hybridized carbons (Fsp3) is 1.00. The summed E-state index contributed by atoms with van der Waals surface area (Å²) in [7, 11) is 0. The molecular weight excluding hydrogens is 142 g/mol. The van der Waals surface area contributed by atoms with Crippen LogP contribution in [0.3, 0.4) is 0 Å². The van der Waals surface area contributed by atoms with E-state index in [0.29, 0.717) is 0 Å². The van der Waals surface area contributed by atoms with Crippen LogP contribution in [-0.4, -0.2) is 17.0 Å². The third-order valence-corrected chi connectivity index (χ3v) is 3.38. The SMILES string of the molecule is CCSCC1(N)CCCC1. The molecule has 0 heterocycles. The van der Waals surface area contributed by atoms with E-state index in [2.05, 4.69) is 6.92 Å². The highest BCUT2D eigenvalue weighted by Gasteiger charge is 2.28. The molecule has 10 heavy (non-hydrogen) atoms. The van der Waals surface area contributed by atoms with Gasteiger partial charge in [-0.3, -0.25) is 0 Å². The van der Waals surface area contributed by atoms with Crippen LogP contribution in [0.25, 0.3) is 0 Å². The van der Waals surface area contributed by atoms with Crippen LogP contribution in [0.1, 0.15) is 32.6 Å². The predicted molar refractivity (Wildman–Crippen MR) is 48.4 cm³/mol. The standard InChI is InChI=1S/C8H17NS/c1-2-10-7-8(9)5-3-4-6-8/h2-7,9H2,1H3. The summed E-state index contributed by atoms with van der Waals surface area (Å²) >= 11 is 1.98. The normalized spacial score (nSPS) is 23.4. The summed E-state index contributed by atoms with van der Waals surface area (Å²) in [5.41, 5.74) is 6.33. The minimum atomic E-state index is 0.209. The maximum Gasteiger partial charge on any atom is 0.0246 e. The highest BCUT2D eigenvalue weighted by molar-refractivity contribution is 7.99. The summed E-state index contributed by atoms with van der Waals surface area (Å²) in [4.78, 5) is 0. The number of hydrogen-bond acceptors (Lipinski definition) is 2. The number of hydrogen-bond donors (Lipinski definition) is 1. The third kappa shape index (κ3) is 2.17. The highest BCUT2D eigenvalue weighted by atomic mass is 32.2. The van der Waals surface area contributed by atoms with Crippen LogP contribution in [0.4, 0.5) is 0 Å². The zero-order valence-corrected chi connectivity index (χ0v) is 7.54. The highest BCUT2D eigenvalue weighted by Crippen LogP contribution is 2.29. The van der Waals surface area contributed by atoms with E-state index in [9.17, 15) is 0 Å². The summed E-state index contributed by atoms with van der Waals surface area (Å²) in [6, 6.07) is 0. The van der Waals surface area contributed by atoms with Gasteiger partial charge in [-0.25, -0.2) is 0 Å². The summed E-state index contributed by atoms with van der Waals surface area (Å²) in [5.74, 6) is 2.38. The first-order valence-electron chi connectivity index (χ1n) is 4.13. The topological polar surface area (TPSA) is 26.0 Å². The third-order valence-electron chi connectivity index (χ3n) is 2.19. The second kappa shape index (κ2) is 3.63. The lowest BCUT2D eigenvalue weighted by Crippen LogP contribution is -2.39. The minimum Gasteiger partial charge on any atom is -0.324 e. The van der Waals surface area contributed by atoms with Crippen molar-refractivity contribution in [3.8, 4) is 0 Å². The van der Waals surface area contributed by atoms with E-state index in [1.807, 2.05) is 11.8 Å². The molecule has 0 spiro atoms. The monoisotopic (exact) mass is 159 g/mol. The van der Waals surface area contributed by atoms with Crippen LogP contribution in [0, 0.1) is 0 Å².